The summed E-state index contributed by atoms with van der Waals surface area (Å²) in [7, 11) is -3.06. The Hall–Kier alpha value is -0.270. The maximum absolute atomic E-state index is 12.1. The lowest BCUT2D eigenvalue weighted by atomic mass is 9.95. The van der Waals surface area contributed by atoms with Crippen LogP contribution in [0.15, 0.2) is 0 Å². The van der Waals surface area contributed by atoms with Crippen molar-refractivity contribution in [1.82, 2.24) is 5.32 Å². The SMILES string of the molecule is CS(=O)(=O)C1CCCC(NCC(O)C(F)F)C1. The molecule has 17 heavy (non-hydrogen) atoms. The van der Waals surface area contributed by atoms with Gasteiger partial charge in [-0.3, -0.25) is 0 Å². The van der Waals surface area contributed by atoms with Gasteiger partial charge in [0.15, 0.2) is 0 Å². The molecule has 0 aromatic rings. The molecule has 102 valence electrons. The van der Waals surface area contributed by atoms with Gasteiger partial charge in [-0.15, -0.1) is 0 Å². The molecule has 0 spiro atoms. The van der Waals surface area contributed by atoms with Crippen LogP contribution in [0.1, 0.15) is 25.7 Å². The van der Waals surface area contributed by atoms with Crippen LogP contribution in [-0.4, -0.2) is 50.1 Å². The van der Waals surface area contributed by atoms with Crippen molar-refractivity contribution in [2.75, 3.05) is 12.8 Å². The predicted molar refractivity (Wildman–Crippen MR) is 60.9 cm³/mol. The van der Waals surface area contributed by atoms with Crippen LogP contribution in [0.2, 0.25) is 0 Å². The Kier molecular flexibility index (Phi) is 5.27. The van der Waals surface area contributed by atoms with Gasteiger partial charge in [0, 0.05) is 18.8 Å². The Morgan fingerprint density at radius 1 is 1.41 bits per heavy atom. The predicted octanol–water partition coefficient (Wildman–Crippen LogP) is 0.558. The summed E-state index contributed by atoms with van der Waals surface area (Å²) >= 11 is 0. The molecule has 1 saturated carbocycles. The maximum Gasteiger partial charge on any atom is 0.265 e. The van der Waals surface area contributed by atoms with E-state index in [2.05, 4.69) is 5.32 Å². The fourth-order valence-electron chi connectivity index (χ4n) is 2.10. The summed E-state index contributed by atoms with van der Waals surface area (Å²) in [5.41, 5.74) is 0. The molecule has 3 unspecified atom stereocenters. The smallest absolute Gasteiger partial charge is 0.265 e. The molecule has 0 aromatic heterocycles. The monoisotopic (exact) mass is 271 g/mol. The molecule has 0 aliphatic heterocycles. The maximum atomic E-state index is 12.1. The molecule has 0 aromatic carbocycles. The molecule has 3 atom stereocenters. The van der Waals surface area contributed by atoms with Crippen molar-refractivity contribution in [3.63, 3.8) is 0 Å². The van der Waals surface area contributed by atoms with Gasteiger partial charge in [-0.25, -0.2) is 17.2 Å². The molecule has 1 fully saturated rings. The number of aliphatic hydroxyl groups excluding tert-OH is 1. The summed E-state index contributed by atoms with van der Waals surface area (Å²) in [6.45, 7) is -0.196. The highest BCUT2D eigenvalue weighted by Gasteiger charge is 2.29. The van der Waals surface area contributed by atoms with Gasteiger partial charge in [-0.1, -0.05) is 6.42 Å². The van der Waals surface area contributed by atoms with Gasteiger partial charge in [0.25, 0.3) is 6.43 Å². The first kappa shape index (κ1) is 14.8. The Morgan fingerprint density at radius 3 is 2.59 bits per heavy atom. The quantitative estimate of drug-likeness (QED) is 0.766. The molecule has 4 nitrogen and oxygen atoms in total. The topological polar surface area (TPSA) is 66.4 Å². The number of hydrogen-bond donors (Lipinski definition) is 2. The van der Waals surface area contributed by atoms with E-state index < -0.39 is 27.6 Å². The zero-order valence-electron chi connectivity index (χ0n) is 9.77. The number of halogens is 2. The van der Waals surface area contributed by atoms with Crippen molar-refractivity contribution < 1.29 is 22.3 Å². The molecule has 2 N–H and O–H groups in total. The van der Waals surface area contributed by atoms with Crippen LogP contribution in [0.5, 0.6) is 0 Å². The van der Waals surface area contributed by atoms with Crippen LogP contribution in [0.25, 0.3) is 0 Å². The summed E-state index contributed by atoms with van der Waals surface area (Å²) < 4.78 is 46.9. The summed E-state index contributed by atoms with van der Waals surface area (Å²) in [6, 6.07) is -0.100. The molecule has 1 rings (SSSR count). The molecule has 0 heterocycles. The van der Waals surface area contributed by atoms with E-state index >= 15 is 0 Å². The van der Waals surface area contributed by atoms with E-state index in [-0.39, 0.29) is 12.6 Å². The van der Waals surface area contributed by atoms with Gasteiger partial charge in [0.1, 0.15) is 15.9 Å². The number of alkyl halides is 2. The highest BCUT2D eigenvalue weighted by Crippen LogP contribution is 2.23. The van der Waals surface area contributed by atoms with E-state index in [0.717, 1.165) is 12.8 Å². The van der Waals surface area contributed by atoms with Gasteiger partial charge in [0.2, 0.25) is 0 Å². The standard InChI is InChI=1S/C10H19F2NO3S/c1-17(15,16)8-4-2-3-7(5-8)13-6-9(14)10(11)12/h7-10,13-14H,2-6H2,1H3. The molecular formula is C10H19F2NO3S. The van der Waals surface area contributed by atoms with Crippen LogP contribution < -0.4 is 5.32 Å². The van der Waals surface area contributed by atoms with Crippen LogP contribution in [0.4, 0.5) is 8.78 Å². The third-order valence-corrected chi connectivity index (χ3v) is 4.78. The zero-order valence-corrected chi connectivity index (χ0v) is 10.6. The fourth-order valence-corrected chi connectivity index (χ4v) is 3.27. The van der Waals surface area contributed by atoms with E-state index in [1.807, 2.05) is 0 Å². The summed E-state index contributed by atoms with van der Waals surface area (Å²) in [5.74, 6) is 0. The molecule has 0 amide bonds. The number of hydrogen-bond acceptors (Lipinski definition) is 4. The van der Waals surface area contributed by atoms with Gasteiger partial charge < -0.3 is 10.4 Å². The number of nitrogens with one attached hydrogen (secondary N) is 1. The Bertz CT molecular complexity index is 334. The van der Waals surface area contributed by atoms with E-state index in [0.29, 0.717) is 12.8 Å². The first-order valence-electron chi connectivity index (χ1n) is 5.69. The molecule has 0 radical (unpaired) electrons. The van der Waals surface area contributed by atoms with Gasteiger partial charge in [0.05, 0.1) is 5.25 Å². The fraction of sp³-hybridized carbons (Fsp3) is 1.00. The van der Waals surface area contributed by atoms with Gasteiger partial charge in [-0.2, -0.15) is 0 Å². The molecule has 1 aliphatic carbocycles. The average molecular weight is 271 g/mol. The second-order valence-electron chi connectivity index (χ2n) is 4.63. The van der Waals surface area contributed by atoms with Gasteiger partial charge in [-0.05, 0) is 19.3 Å². The molecular weight excluding hydrogens is 252 g/mol. The van der Waals surface area contributed by atoms with E-state index in [4.69, 9.17) is 5.11 Å². The summed E-state index contributed by atoms with van der Waals surface area (Å²) in [5, 5.41) is 11.4. The van der Waals surface area contributed by atoms with Crippen molar-refractivity contribution >= 4 is 9.84 Å². The minimum atomic E-state index is -3.06. The summed E-state index contributed by atoms with van der Waals surface area (Å²) in [6.07, 6.45) is -0.648. The molecule has 0 bridgehead atoms. The molecule has 7 heteroatoms. The highest BCUT2D eigenvalue weighted by atomic mass is 32.2. The minimum absolute atomic E-state index is 0.100. The number of aliphatic hydroxyl groups is 1. The lowest BCUT2D eigenvalue weighted by molar-refractivity contribution is -0.00513. The first-order valence-corrected chi connectivity index (χ1v) is 7.64. The zero-order chi connectivity index (χ0) is 13.1. The average Bonchev–Trinajstić information content (AvgIpc) is 2.25. The van der Waals surface area contributed by atoms with Crippen molar-refractivity contribution in [1.29, 1.82) is 0 Å². The van der Waals surface area contributed by atoms with Crippen LogP contribution in [0, 0.1) is 0 Å². The van der Waals surface area contributed by atoms with Crippen LogP contribution >= 0.6 is 0 Å². The normalized spacial score (nSPS) is 28.3. The van der Waals surface area contributed by atoms with E-state index in [1.54, 1.807) is 0 Å². The Balaban J connectivity index is 2.40. The second-order valence-corrected chi connectivity index (χ2v) is 6.95. The van der Waals surface area contributed by atoms with Crippen LogP contribution in [0.3, 0.4) is 0 Å². The Labute approximate surface area is 100 Å². The largest absolute Gasteiger partial charge is 0.386 e. The first-order chi connectivity index (χ1) is 7.80. The van der Waals surface area contributed by atoms with Crippen LogP contribution in [-0.2, 0) is 9.84 Å². The highest BCUT2D eigenvalue weighted by molar-refractivity contribution is 7.91. The Morgan fingerprint density at radius 2 is 2.06 bits per heavy atom. The number of sulfone groups is 1. The van der Waals surface area contributed by atoms with Crippen molar-refractivity contribution in [3.8, 4) is 0 Å². The third kappa shape index (κ3) is 4.85. The van der Waals surface area contributed by atoms with E-state index in [9.17, 15) is 17.2 Å². The second kappa shape index (κ2) is 6.06. The molecule has 1 aliphatic rings. The molecule has 0 saturated heterocycles. The third-order valence-electron chi connectivity index (χ3n) is 3.14. The van der Waals surface area contributed by atoms with Crippen molar-refractivity contribution in [3.05, 3.63) is 0 Å². The van der Waals surface area contributed by atoms with Gasteiger partial charge >= 0.3 is 0 Å². The van der Waals surface area contributed by atoms with E-state index in [1.165, 1.54) is 6.26 Å². The summed E-state index contributed by atoms with van der Waals surface area (Å²) in [4.78, 5) is 0. The lowest BCUT2D eigenvalue weighted by Crippen LogP contribution is -2.43. The van der Waals surface area contributed by atoms with Crippen molar-refractivity contribution in [2.24, 2.45) is 0 Å². The number of rotatable bonds is 5. The minimum Gasteiger partial charge on any atom is -0.386 e. The van der Waals surface area contributed by atoms with Crippen molar-refractivity contribution in [2.45, 2.75) is 49.5 Å². The lowest BCUT2D eigenvalue weighted by Gasteiger charge is -2.29.